The van der Waals surface area contributed by atoms with Crippen molar-refractivity contribution in [3.05, 3.63) is 66.4 Å². The van der Waals surface area contributed by atoms with Crippen LogP contribution >= 0.6 is 0 Å². The first-order valence-corrected chi connectivity index (χ1v) is 14.3. The first-order valence-electron chi connectivity index (χ1n) is 14.3. The fourth-order valence-electron chi connectivity index (χ4n) is 5.89. The van der Waals surface area contributed by atoms with Gasteiger partial charge in [-0.05, 0) is 56.3 Å². The quantitative estimate of drug-likeness (QED) is 0.357. The normalized spacial score (nSPS) is 17.1. The molecule has 2 saturated heterocycles. The molecule has 0 bridgehead atoms. The number of nitrogens with zero attached hydrogens (tertiary/aromatic N) is 6. The van der Waals surface area contributed by atoms with Crippen LogP contribution in [0.2, 0.25) is 0 Å². The minimum atomic E-state index is -0.111. The minimum absolute atomic E-state index is 0.111. The number of hydrogen-bond donors (Lipinski definition) is 2. The van der Waals surface area contributed by atoms with Crippen molar-refractivity contribution in [2.45, 2.75) is 18.9 Å². The molecule has 0 atom stereocenters. The van der Waals surface area contributed by atoms with Crippen molar-refractivity contribution in [3.63, 3.8) is 0 Å². The Kier molecular flexibility index (Phi) is 7.76. The lowest BCUT2D eigenvalue weighted by atomic mass is 10.0. The van der Waals surface area contributed by atoms with Crippen LogP contribution in [-0.2, 0) is 0 Å². The smallest absolute Gasteiger partial charge is 0.251 e. The lowest BCUT2D eigenvalue weighted by Crippen LogP contribution is -2.52. The molecule has 0 saturated carbocycles. The van der Waals surface area contributed by atoms with E-state index in [0.29, 0.717) is 17.6 Å². The Balaban J connectivity index is 1.16. The summed E-state index contributed by atoms with van der Waals surface area (Å²) >= 11 is 0. The molecule has 1 amide bonds. The molecule has 4 heterocycles. The molecule has 0 spiro atoms. The highest BCUT2D eigenvalue weighted by atomic mass is 16.5. The van der Waals surface area contributed by atoms with Crippen molar-refractivity contribution < 1.29 is 9.53 Å². The van der Waals surface area contributed by atoms with Gasteiger partial charge in [-0.1, -0.05) is 12.1 Å². The van der Waals surface area contributed by atoms with Crippen molar-refractivity contribution in [1.29, 1.82) is 0 Å². The number of aromatic nitrogens is 3. The number of fused-ring (bicyclic) bond motifs is 1. The van der Waals surface area contributed by atoms with E-state index in [1.54, 1.807) is 20.4 Å². The summed E-state index contributed by atoms with van der Waals surface area (Å²) in [5, 5.41) is 10.8. The van der Waals surface area contributed by atoms with E-state index in [2.05, 4.69) is 49.5 Å². The monoisotopic (exact) mass is 554 g/mol. The molecule has 4 aromatic rings. The second-order valence-corrected chi connectivity index (χ2v) is 10.9. The van der Waals surface area contributed by atoms with Gasteiger partial charge in [-0.15, -0.1) is 5.10 Å². The SMILES string of the molecule is CNC(=O)c1ccc(-c2ccc3cnc(Nc4ccc(N5CCC(N6CCN(C)CC6)CC5)cc4OC)nn23)cc1. The molecular weight excluding hydrogens is 516 g/mol. The number of ether oxygens (including phenoxy) is 1. The van der Waals surface area contributed by atoms with Gasteiger partial charge in [0, 0.05) is 75.2 Å². The predicted octanol–water partition coefficient (Wildman–Crippen LogP) is 3.72. The number of anilines is 3. The zero-order valence-electron chi connectivity index (χ0n) is 24.0. The topological polar surface area (TPSA) is 90.3 Å². The summed E-state index contributed by atoms with van der Waals surface area (Å²) in [5.41, 5.74) is 5.35. The molecule has 2 fully saturated rings. The Hall–Kier alpha value is -4.15. The molecule has 10 nitrogen and oxygen atoms in total. The van der Waals surface area contributed by atoms with E-state index in [1.165, 1.54) is 44.7 Å². The first-order chi connectivity index (χ1) is 20.0. The van der Waals surface area contributed by atoms with Crippen molar-refractivity contribution in [3.8, 4) is 17.0 Å². The van der Waals surface area contributed by atoms with Gasteiger partial charge in [-0.3, -0.25) is 9.69 Å². The van der Waals surface area contributed by atoms with Gasteiger partial charge in [-0.2, -0.15) is 0 Å². The maximum atomic E-state index is 11.9. The lowest BCUT2D eigenvalue weighted by Gasteiger charge is -2.42. The standard InChI is InChI=1S/C31H38N8O2/c1-32-30(40)23-6-4-22(5-7-23)28-11-9-26-21-33-31(35-39(26)28)34-27-10-8-25(20-29(27)41-3)37-14-12-24(13-15-37)38-18-16-36(2)17-19-38/h4-11,20-21,24H,12-19H2,1-3H3,(H,32,40)(H,34,35). The number of piperidine rings is 1. The van der Waals surface area contributed by atoms with E-state index in [-0.39, 0.29) is 5.91 Å². The molecule has 2 aromatic carbocycles. The molecule has 2 aromatic heterocycles. The first kappa shape index (κ1) is 27.0. The highest BCUT2D eigenvalue weighted by Crippen LogP contribution is 2.33. The fraction of sp³-hybridized carbons (Fsp3) is 0.387. The van der Waals surface area contributed by atoms with Gasteiger partial charge in [-0.25, -0.2) is 9.50 Å². The summed E-state index contributed by atoms with van der Waals surface area (Å²) < 4.78 is 7.64. The number of likely N-dealkylation sites (N-methyl/N-ethyl adjacent to an activating group) is 1. The summed E-state index contributed by atoms with van der Waals surface area (Å²) in [6.45, 7) is 6.79. The van der Waals surface area contributed by atoms with Gasteiger partial charge in [0.1, 0.15) is 5.75 Å². The van der Waals surface area contributed by atoms with Crippen LogP contribution in [0.4, 0.5) is 17.3 Å². The van der Waals surface area contributed by atoms with Crippen LogP contribution in [0.25, 0.3) is 16.8 Å². The molecule has 0 aliphatic carbocycles. The van der Waals surface area contributed by atoms with Crippen LogP contribution in [0.5, 0.6) is 5.75 Å². The number of carbonyl (C=O) groups excluding carboxylic acids is 1. The van der Waals surface area contributed by atoms with Crippen LogP contribution < -0.4 is 20.3 Å². The van der Waals surface area contributed by atoms with Gasteiger partial charge < -0.3 is 25.2 Å². The Morgan fingerprint density at radius 2 is 1.71 bits per heavy atom. The summed E-state index contributed by atoms with van der Waals surface area (Å²) in [5.74, 6) is 1.11. The molecule has 41 heavy (non-hydrogen) atoms. The van der Waals surface area contributed by atoms with Gasteiger partial charge in [0.15, 0.2) is 0 Å². The van der Waals surface area contributed by atoms with E-state index in [9.17, 15) is 4.79 Å². The average Bonchev–Trinajstić information content (AvgIpc) is 3.45. The minimum Gasteiger partial charge on any atom is -0.494 e. The van der Waals surface area contributed by atoms with Crippen LogP contribution in [0.1, 0.15) is 23.2 Å². The van der Waals surface area contributed by atoms with Crippen LogP contribution in [0, 0.1) is 0 Å². The molecule has 2 aliphatic heterocycles. The van der Waals surface area contributed by atoms with Gasteiger partial charge in [0.05, 0.1) is 30.2 Å². The number of piperazine rings is 1. The summed E-state index contributed by atoms with van der Waals surface area (Å²) in [7, 11) is 5.54. The number of carbonyl (C=O) groups is 1. The lowest BCUT2D eigenvalue weighted by molar-refractivity contribution is 0.0963. The van der Waals surface area contributed by atoms with E-state index in [0.717, 1.165) is 41.3 Å². The Morgan fingerprint density at radius 3 is 2.41 bits per heavy atom. The Labute approximate surface area is 240 Å². The number of methoxy groups -OCH3 is 1. The fourth-order valence-corrected chi connectivity index (χ4v) is 5.89. The Morgan fingerprint density at radius 1 is 0.951 bits per heavy atom. The van der Waals surface area contributed by atoms with Crippen LogP contribution in [0.15, 0.2) is 60.8 Å². The molecule has 6 rings (SSSR count). The summed E-state index contributed by atoms with van der Waals surface area (Å²) in [6.07, 6.45) is 4.17. The third-order valence-electron chi connectivity index (χ3n) is 8.38. The molecule has 2 aliphatic rings. The van der Waals surface area contributed by atoms with Gasteiger partial charge in [0.2, 0.25) is 5.95 Å². The molecule has 214 valence electrons. The number of nitrogens with one attached hydrogen (secondary N) is 2. The molecule has 0 unspecified atom stereocenters. The van der Waals surface area contributed by atoms with E-state index in [1.807, 2.05) is 47.0 Å². The maximum Gasteiger partial charge on any atom is 0.251 e. The van der Waals surface area contributed by atoms with E-state index >= 15 is 0 Å². The second-order valence-electron chi connectivity index (χ2n) is 10.9. The predicted molar refractivity (Wildman–Crippen MR) is 162 cm³/mol. The molecule has 0 radical (unpaired) electrons. The average molecular weight is 555 g/mol. The summed E-state index contributed by atoms with van der Waals surface area (Å²) in [4.78, 5) is 24.0. The molecular formula is C31H38N8O2. The maximum absolute atomic E-state index is 11.9. The Bertz CT molecular complexity index is 1500. The third-order valence-corrected chi connectivity index (χ3v) is 8.38. The van der Waals surface area contributed by atoms with Gasteiger partial charge in [0.25, 0.3) is 5.91 Å². The van der Waals surface area contributed by atoms with Gasteiger partial charge >= 0.3 is 0 Å². The van der Waals surface area contributed by atoms with Crippen molar-refractivity contribution in [2.75, 3.05) is 70.7 Å². The second kappa shape index (κ2) is 11.8. The zero-order valence-corrected chi connectivity index (χ0v) is 24.0. The number of benzene rings is 2. The van der Waals surface area contributed by atoms with Crippen LogP contribution in [-0.4, -0.2) is 96.8 Å². The number of hydrogen-bond acceptors (Lipinski definition) is 8. The molecule has 2 N–H and O–H groups in total. The van der Waals surface area contributed by atoms with Crippen LogP contribution in [0.3, 0.4) is 0 Å². The van der Waals surface area contributed by atoms with Crippen molar-refractivity contribution in [1.82, 2.24) is 29.7 Å². The van der Waals surface area contributed by atoms with E-state index < -0.39 is 0 Å². The summed E-state index contributed by atoms with van der Waals surface area (Å²) in [6, 6.07) is 18.4. The highest BCUT2D eigenvalue weighted by Gasteiger charge is 2.27. The highest BCUT2D eigenvalue weighted by molar-refractivity contribution is 5.94. The van der Waals surface area contributed by atoms with Crippen molar-refractivity contribution >= 4 is 28.7 Å². The number of rotatable bonds is 7. The largest absolute Gasteiger partial charge is 0.494 e. The third kappa shape index (κ3) is 5.71. The van der Waals surface area contributed by atoms with E-state index in [4.69, 9.17) is 9.84 Å². The number of amides is 1. The molecule has 10 heteroatoms. The zero-order chi connectivity index (χ0) is 28.3. The van der Waals surface area contributed by atoms with Crippen molar-refractivity contribution in [2.24, 2.45) is 0 Å².